The van der Waals surface area contributed by atoms with E-state index in [4.69, 9.17) is 0 Å². The molecule has 1 rings (SSSR count). The molecule has 0 radical (unpaired) electrons. The van der Waals surface area contributed by atoms with Gasteiger partial charge in [-0.05, 0) is 0 Å². The number of allylic oxidation sites excluding steroid dienone is 2. The molecule has 1 aromatic rings. The monoisotopic (exact) mass is 308 g/mol. The summed E-state index contributed by atoms with van der Waals surface area (Å²) < 4.78 is 1.60. The summed E-state index contributed by atoms with van der Waals surface area (Å²) in [7, 11) is 0. The molecule has 80 valence electrons. The molecule has 0 heterocycles. The van der Waals surface area contributed by atoms with Crippen LogP contribution in [0, 0.1) is 0 Å². The summed E-state index contributed by atoms with van der Waals surface area (Å²) in [5.74, 6) is 0. The van der Waals surface area contributed by atoms with Crippen molar-refractivity contribution in [2.24, 2.45) is 0 Å². The molecule has 0 saturated heterocycles. The second-order valence-electron chi connectivity index (χ2n) is 4.76. The van der Waals surface area contributed by atoms with Crippen LogP contribution in [0.25, 0.3) is 3.59 Å². The molecule has 0 aliphatic rings. The minimum atomic E-state index is -1.99. The van der Waals surface area contributed by atoms with E-state index in [0.29, 0.717) is 0 Å². The van der Waals surface area contributed by atoms with Crippen LogP contribution in [-0.2, 0) is 0 Å². The Balaban J connectivity index is 3.08. The summed E-state index contributed by atoms with van der Waals surface area (Å²) in [6, 6.07) is 10.8. The van der Waals surface area contributed by atoms with Crippen molar-refractivity contribution in [2.45, 2.75) is 21.2 Å². The third-order valence-corrected chi connectivity index (χ3v) is 8.40. The summed E-state index contributed by atoms with van der Waals surface area (Å²) in [6.07, 6.45) is 5.32. The first-order valence-electron chi connectivity index (χ1n) is 5.42. The Hall–Kier alpha value is -0.501. The van der Waals surface area contributed by atoms with Gasteiger partial charge in [-0.2, -0.15) is 0 Å². The van der Waals surface area contributed by atoms with Gasteiger partial charge in [0.25, 0.3) is 0 Å². The molecule has 0 bridgehead atoms. The summed E-state index contributed by atoms with van der Waals surface area (Å²) in [5.41, 5.74) is 1.41. The van der Waals surface area contributed by atoms with Crippen molar-refractivity contribution < 1.29 is 0 Å². The van der Waals surface area contributed by atoms with E-state index in [1.165, 1.54) is 5.56 Å². The summed E-state index contributed by atoms with van der Waals surface area (Å²) in [5, 5.41) is 0. The molecule has 0 amide bonds. The van der Waals surface area contributed by atoms with Crippen LogP contribution in [-0.4, -0.2) is 18.4 Å². The van der Waals surface area contributed by atoms with Crippen LogP contribution >= 0.6 is 0 Å². The van der Waals surface area contributed by atoms with Crippen LogP contribution in [0.15, 0.2) is 49.1 Å². The number of hydrogen-bond acceptors (Lipinski definition) is 0. The van der Waals surface area contributed by atoms with Crippen molar-refractivity contribution >= 4 is 22.0 Å². The van der Waals surface area contributed by atoms with Gasteiger partial charge in [0.05, 0.1) is 0 Å². The van der Waals surface area contributed by atoms with Gasteiger partial charge in [-0.3, -0.25) is 0 Å². The zero-order chi connectivity index (χ0) is 11.3. The molecule has 15 heavy (non-hydrogen) atoms. The molecular formula is C14H20Sn. The first-order chi connectivity index (χ1) is 7.05. The van der Waals surface area contributed by atoms with Crippen molar-refractivity contribution in [3.05, 3.63) is 54.6 Å². The predicted molar refractivity (Wildman–Crippen MR) is 72.6 cm³/mol. The third-order valence-electron chi connectivity index (χ3n) is 2.38. The molecule has 0 saturated carbocycles. The van der Waals surface area contributed by atoms with Gasteiger partial charge in [0.2, 0.25) is 0 Å². The van der Waals surface area contributed by atoms with Gasteiger partial charge < -0.3 is 0 Å². The summed E-state index contributed by atoms with van der Waals surface area (Å²) >= 11 is -1.99. The van der Waals surface area contributed by atoms with Crippen molar-refractivity contribution in [1.82, 2.24) is 0 Å². The average Bonchev–Trinajstić information content (AvgIpc) is 2.18. The fourth-order valence-corrected chi connectivity index (χ4v) is 6.71. The van der Waals surface area contributed by atoms with E-state index < -0.39 is 18.4 Å². The molecule has 0 fully saturated rings. The standard InChI is InChI=1S/C11H11.3CH3.Sn/c1-2-3-5-8-11-9-6-4-7-10-11;;;;/h2,4-7,9-10H,1,3H2;3*1H3;. The topological polar surface area (TPSA) is 0 Å². The zero-order valence-corrected chi connectivity index (χ0v) is 12.8. The van der Waals surface area contributed by atoms with E-state index in [2.05, 4.69) is 57.8 Å². The van der Waals surface area contributed by atoms with Gasteiger partial charge in [-0.25, -0.2) is 0 Å². The predicted octanol–water partition coefficient (Wildman–Crippen LogP) is 4.52. The molecule has 0 unspecified atom stereocenters. The van der Waals surface area contributed by atoms with Crippen LogP contribution < -0.4 is 0 Å². The summed E-state index contributed by atoms with van der Waals surface area (Å²) in [6.45, 7) is 3.79. The van der Waals surface area contributed by atoms with Gasteiger partial charge >= 0.3 is 97.8 Å². The van der Waals surface area contributed by atoms with Gasteiger partial charge in [0.15, 0.2) is 0 Å². The Kier molecular flexibility index (Phi) is 4.65. The van der Waals surface area contributed by atoms with Crippen molar-refractivity contribution in [1.29, 1.82) is 0 Å². The Bertz CT molecular complexity index is 341. The molecular weight excluding hydrogens is 287 g/mol. The molecule has 1 heteroatoms. The minimum absolute atomic E-state index is 0.985. The first kappa shape index (κ1) is 12.6. The Morgan fingerprint density at radius 3 is 2.27 bits per heavy atom. The second kappa shape index (κ2) is 5.55. The van der Waals surface area contributed by atoms with Crippen LogP contribution in [0.1, 0.15) is 12.0 Å². The molecule has 0 aromatic heterocycles. The van der Waals surface area contributed by atoms with Crippen molar-refractivity contribution in [3.8, 4) is 0 Å². The molecule has 0 N–H and O–H groups in total. The Morgan fingerprint density at radius 2 is 1.80 bits per heavy atom. The third kappa shape index (κ3) is 3.86. The van der Waals surface area contributed by atoms with Crippen molar-refractivity contribution in [2.75, 3.05) is 0 Å². The average molecular weight is 307 g/mol. The van der Waals surface area contributed by atoms with Gasteiger partial charge in [-0.1, -0.05) is 0 Å². The van der Waals surface area contributed by atoms with E-state index in [1.807, 2.05) is 6.08 Å². The molecule has 0 aliphatic heterocycles. The Labute approximate surface area is 97.6 Å². The number of rotatable bonds is 4. The van der Waals surface area contributed by atoms with E-state index in [9.17, 15) is 0 Å². The van der Waals surface area contributed by atoms with Gasteiger partial charge in [-0.15, -0.1) is 0 Å². The second-order valence-corrected chi connectivity index (χ2v) is 19.1. The fourth-order valence-electron chi connectivity index (χ4n) is 1.68. The number of benzene rings is 1. The van der Waals surface area contributed by atoms with E-state index in [-0.39, 0.29) is 0 Å². The fraction of sp³-hybridized carbons (Fsp3) is 0.286. The molecule has 0 spiro atoms. The van der Waals surface area contributed by atoms with Crippen molar-refractivity contribution in [3.63, 3.8) is 0 Å². The van der Waals surface area contributed by atoms with Gasteiger partial charge in [0, 0.05) is 0 Å². The zero-order valence-electron chi connectivity index (χ0n) is 9.96. The molecule has 0 aliphatic carbocycles. The molecule has 1 aromatic carbocycles. The number of hydrogen-bond donors (Lipinski definition) is 0. The van der Waals surface area contributed by atoms with Crippen LogP contribution in [0.3, 0.4) is 0 Å². The van der Waals surface area contributed by atoms with E-state index >= 15 is 0 Å². The van der Waals surface area contributed by atoms with E-state index in [0.717, 1.165) is 6.42 Å². The normalized spacial score (nSPS) is 12.6. The van der Waals surface area contributed by atoms with E-state index in [1.54, 1.807) is 3.59 Å². The molecule has 0 atom stereocenters. The van der Waals surface area contributed by atoms with Crippen LogP contribution in [0.2, 0.25) is 14.8 Å². The maximum atomic E-state index is 3.79. The Morgan fingerprint density at radius 1 is 1.20 bits per heavy atom. The van der Waals surface area contributed by atoms with Crippen LogP contribution in [0.5, 0.6) is 0 Å². The SMILES string of the molecule is C=CC/C=[C](/c1ccccc1)[Sn]([CH3])([CH3])[CH3]. The van der Waals surface area contributed by atoms with Gasteiger partial charge in [0.1, 0.15) is 0 Å². The summed E-state index contributed by atoms with van der Waals surface area (Å²) in [4.78, 5) is 7.36. The first-order valence-corrected chi connectivity index (χ1v) is 15.4. The van der Waals surface area contributed by atoms with Crippen LogP contribution in [0.4, 0.5) is 0 Å². The molecule has 0 nitrogen and oxygen atoms in total. The quantitative estimate of drug-likeness (QED) is 0.566. The maximum absolute atomic E-state index is 3.79.